The molecule has 7 heteroatoms. The first kappa shape index (κ1) is 14.1. The summed E-state index contributed by atoms with van der Waals surface area (Å²) in [4.78, 5) is 11.9. The van der Waals surface area contributed by atoms with Crippen molar-refractivity contribution in [2.75, 3.05) is 5.32 Å². The normalized spacial score (nSPS) is 11.4. The zero-order chi connectivity index (χ0) is 14.9. The van der Waals surface area contributed by atoms with Crippen LogP contribution in [-0.4, -0.2) is 15.7 Å². The van der Waals surface area contributed by atoms with E-state index in [0.29, 0.717) is 11.4 Å². The average molecular weight is 283 g/mol. The quantitative estimate of drug-likeness (QED) is 0.921. The maximum atomic E-state index is 12.6. The molecule has 0 aliphatic carbocycles. The summed E-state index contributed by atoms with van der Waals surface area (Å²) in [5.41, 5.74) is 0.274. The minimum absolute atomic E-state index is 0.0527. The maximum Gasteiger partial charge on any atom is 0.416 e. The number of carbonyl (C=O) groups is 1. The van der Waals surface area contributed by atoms with Crippen molar-refractivity contribution >= 4 is 11.6 Å². The van der Waals surface area contributed by atoms with Gasteiger partial charge in [-0.15, -0.1) is 0 Å². The van der Waals surface area contributed by atoms with E-state index in [1.54, 1.807) is 18.7 Å². The van der Waals surface area contributed by atoms with Crippen LogP contribution in [-0.2, 0) is 13.2 Å². The molecule has 0 spiro atoms. The Kier molecular flexibility index (Phi) is 3.52. The number of alkyl halides is 3. The minimum atomic E-state index is -4.47. The third-order valence-electron chi connectivity index (χ3n) is 2.94. The molecule has 0 aliphatic rings. The molecule has 0 atom stereocenters. The molecule has 0 bridgehead atoms. The fourth-order valence-corrected chi connectivity index (χ4v) is 1.65. The number of halogens is 3. The largest absolute Gasteiger partial charge is 0.416 e. The molecule has 0 fully saturated rings. The number of nitrogens with zero attached hydrogens (tertiary/aromatic N) is 2. The number of rotatable bonds is 2. The van der Waals surface area contributed by atoms with E-state index in [0.717, 1.165) is 12.1 Å². The Labute approximate surface area is 113 Å². The molecule has 0 saturated carbocycles. The topological polar surface area (TPSA) is 46.9 Å². The van der Waals surface area contributed by atoms with E-state index in [1.807, 2.05) is 0 Å². The van der Waals surface area contributed by atoms with Gasteiger partial charge in [0.1, 0.15) is 0 Å². The molecule has 1 aromatic carbocycles. The molecule has 20 heavy (non-hydrogen) atoms. The SMILES string of the molecule is Cc1c(NC(=O)c2cccc(C(F)(F)F)c2)cnn1C. The van der Waals surface area contributed by atoms with Gasteiger partial charge < -0.3 is 5.32 Å². The first-order valence-corrected chi connectivity index (χ1v) is 5.76. The van der Waals surface area contributed by atoms with E-state index in [1.165, 1.54) is 18.3 Å². The summed E-state index contributed by atoms with van der Waals surface area (Å²) in [6.45, 7) is 1.74. The fourth-order valence-electron chi connectivity index (χ4n) is 1.65. The zero-order valence-electron chi connectivity index (χ0n) is 10.8. The molecule has 0 unspecified atom stereocenters. The van der Waals surface area contributed by atoms with Gasteiger partial charge in [-0.1, -0.05) is 6.07 Å². The van der Waals surface area contributed by atoms with Crippen molar-refractivity contribution in [1.82, 2.24) is 9.78 Å². The van der Waals surface area contributed by atoms with E-state index in [4.69, 9.17) is 0 Å². The standard InChI is InChI=1S/C13H12F3N3O/c1-8-11(7-17-19(8)2)18-12(20)9-4-3-5-10(6-9)13(14,15)16/h3-7H,1-2H3,(H,18,20). The number of anilines is 1. The predicted molar refractivity (Wildman–Crippen MR) is 67.3 cm³/mol. The van der Waals surface area contributed by atoms with E-state index < -0.39 is 17.6 Å². The summed E-state index contributed by atoms with van der Waals surface area (Å²) in [6.07, 6.45) is -3.03. The van der Waals surface area contributed by atoms with Crippen molar-refractivity contribution in [1.29, 1.82) is 0 Å². The van der Waals surface area contributed by atoms with Crippen LogP contribution in [0, 0.1) is 6.92 Å². The smallest absolute Gasteiger partial charge is 0.319 e. The van der Waals surface area contributed by atoms with Crippen molar-refractivity contribution in [2.45, 2.75) is 13.1 Å². The molecule has 2 rings (SSSR count). The number of hydrogen-bond acceptors (Lipinski definition) is 2. The summed E-state index contributed by atoms with van der Waals surface area (Å²) in [5, 5.41) is 6.48. The molecule has 1 heterocycles. The Balaban J connectivity index is 2.24. The number of aromatic nitrogens is 2. The van der Waals surface area contributed by atoms with Crippen LogP contribution in [0.3, 0.4) is 0 Å². The van der Waals surface area contributed by atoms with Crippen LogP contribution in [0.4, 0.5) is 18.9 Å². The van der Waals surface area contributed by atoms with Gasteiger partial charge >= 0.3 is 6.18 Å². The molecular weight excluding hydrogens is 271 g/mol. The number of aryl methyl sites for hydroxylation is 1. The third kappa shape index (κ3) is 2.81. The second kappa shape index (κ2) is 4.99. The molecule has 2 aromatic rings. The Bertz CT molecular complexity index is 647. The Morgan fingerprint density at radius 1 is 1.35 bits per heavy atom. The van der Waals surface area contributed by atoms with Gasteiger partial charge in [0, 0.05) is 12.6 Å². The third-order valence-corrected chi connectivity index (χ3v) is 2.94. The highest BCUT2D eigenvalue weighted by molar-refractivity contribution is 6.04. The highest BCUT2D eigenvalue weighted by Crippen LogP contribution is 2.29. The molecule has 1 N–H and O–H groups in total. The fraction of sp³-hybridized carbons (Fsp3) is 0.231. The van der Waals surface area contributed by atoms with Crippen molar-refractivity contribution < 1.29 is 18.0 Å². The van der Waals surface area contributed by atoms with Gasteiger partial charge in [0.25, 0.3) is 5.91 Å². The predicted octanol–water partition coefficient (Wildman–Crippen LogP) is 3.00. The van der Waals surface area contributed by atoms with Crippen LogP contribution in [0.5, 0.6) is 0 Å². The first-order valence-electron chi connectivity index (χ1n) is 5.76. The van der Waals surface area contributed by atoms with Crippen molar-refractivity contribution in [3.05, 3.63) is 47.3 Å². The molecule has 106 valence electrons. The van der Waals surface area contributed by atoms with Crippen molar-refractivity contribution in [3.63, 3.8) is 0 Å². The van der Waals surface area contributed by atoms with Gasteiger partial charge in [-0.2, -0.15) is 18.3 Å². The first-order chi connectivity index (χ1) is 9.29. The van der Waals surface area contributed by atoms with Gasteiger partial charge in [-0.25, -0.2) is 0 Å². The van der Waals surface area contributed by atoms with Crippen molar-refractivity contribution in [2.24, 2.45) is 7.05 Å². The summed E-state index contributed by atoms with van der Waals surface area (Å²) in [7, 11) is 1.70. The van der Waals surface area contributed by atoms with Gasteiger partial charge in [-0.05, 0) is 25.1 Å². The molecule has 4 nitrogen and oxygen atoms in total. The van der Waals surface area contributed by atoms with E-state index >= 15 is 0 Å². The second-order valence-electron chi connectivity index (χ2n) is 4.30. The summed E-state index contributed by atoms with van der Waals surface area (Å²) >= 11 is 0. The number of benzene rings is 1. The number of carbonyl (C=O) groups excluding carboxylic acids is 1. The van der Waals surface area contributed by atoms with Crippen LogP contribution < -0.4 is 5.32 Å². The Hall–Kier alpha value is -2.31. The lowest BCUT2D eigenvalue weighted by Gasteiger charge is -2.09. The minimum Gasteiger partial charge on any atom is -0.319 e. The van der Waals surface area contributed by atoms with Crippen LogP contribution >= 0.6 is 0 Å². The number of amides is 1. The lowest BCUT2D eigenvalue weighted by molar-refractivity contribution is -0.137. The van der Waals surface area contributed by atoms with Gasteiger partial charge in [-0.3, -0.25) is 9.48 Å². The van der Waals surface area contributed by atoms with Crippen LogP contribution in [0.25, 0.3) is 0 Å². The van der Waals surface area contributed by atoms with Crippen molar-refractivity contribution in [3.8, 4) is 0 Å². The van der Waals surface area contributed by atoms with E-state index in [-0.39, 0.29) is 5.56 Å². The molecule has 1 aromatic heterocycles. The monoisotopic (exact) mass is 283 g/mol. The van der Waals surface area contributed by atoms with Crippen LogP contribution in [0.1, 0.15) is 21.6 Å². The molecule has 0 saturated heterocycles. The highest BCUT2D eigenvalue weighted by atomic mass is 19.4. The average Bonchev–Trinajstić information content (AvgIpc) is 2.70. The molecule has 1 amide bonds. The molecular formula is C13H12F3N3O. The van der Waals surface area contributed by atoms with Gasteiger partial charge in [0.15, 0.2) is 0 Å². The number of hydrogen-bond donors (Lipinski definition) is 1. The van der Waals surface area contributed by atoms with E-state index in [9.17, 15) is 18.0 Å². The molecule has 0 aliphatic heterocycles. The Morgan fingerprint density at radius 2 is 2.05 bits per heavy atom. The number of nitrogens with one attached hydrogen (secondary N) is 1. The maximum absolute atomic E-state index is 12.6. The van der Waals surface area contributed by atoms with Crippen LogP contribution in [0.2, 0.25) is 0 Å². The second-order valence-corrected chi connectivity index (χ2v) is 4.30. The van der Waals surface area contributed by atoms with Crippen LogP contribution in [0.15, 0.2) is 30.5 Å². The highest BCUT2D eigenvalue weighted by Gasteiger charge is 2.30. The zero-order valence-corrected chi connectivity index (χ0v) is 10.8. The lowest BCUT2D eigenvalue weighted by Crippen LogP contribution is -2.14. The molecule has 0 radical (unpaired) electrons. The lowest BCUT2D eigenvalue weighted by atomic mass is 10.1. The van der Waals surface area contributed by atoms with Gasteiger partial charge in [0.2, 0.25) is 0 Å². The van der Waals surface area contributed by atoms with Gasteiger partial charge in [0.05, 0.1) is 23.1 Å². The Morgan fingerprint density at radius 3 is 2.60 bits per heavy atom. The summed E-state index contributed by atoms with van der Waals surface area (Å²) in [5.74, 6) is -0.604. The van der Waals surface area contributed by atoms with E-state index in [2.05, 4.69) is 10.4 Å². The summed E-state index contributed by atoms with van der Waals surface area (Å²) < 4.78 is 39.3. The summed E-state index contributed by atoms with van der Waals surface area (Å²) in [6, 6.07) is 4.28.